The van der Waals surface area contributed by atoms with Crippen LogP contribution in [0.4, 0.5) is 5.69 Å². The maximum atomic E-state index is 11.1. The first-order valence-electron chi connectivity index (χ1n) is 3.73. The van der Waals surface area contributed by atoms with Gasteiger partial charge in [-0.25, -0.2) is 4.21 Å². The standard InChI is InChI=1S/C8H9BrClNOS/c1-2-13(12)11-8-4-3-6(9)5-7(8)10/h3-5,11H,2H2,1H3. The van der Waals surface area contributed by atoms with E-state index in [0.29, 0.717) is 16.5 Å². The average Bonchev–Trinajstić information content (AvgIpc) is 2.09. The molecule has 5 heteroatoms. The Bertz CT molecular complexity index is 332. The van der Waals surface area contributed by atoms with Crippen LogP contribution in [0.5, 0.6) is 0 Å². The largest absolute Gasteiger partial charge is 0.304 e. The Kier molecular flexibility index (Phi) is 4.22. The van der Waals surface area contributed by atoms with E-state index in [4.69, 9.17) is 11.6 Å². The van der Waals surface area contributed by atoms with Crippen LogP contribution in [0.3, 0.4) is 0 Å². The van der Waals surface area contributed by atoms with Gasteiger partial charge in [0.1, 0.15) is 11.0 Å². The molecule has 1 N–H and O–H groups in total. The van der Waals surface area contributed by atoms with E-state index in [0.717, 1.165) is 4.47 Å². The minimum Gasteiger partial charge on any atom is -0.304 e. The molecular formula is C8H9BrClNOS. The number of benzene rings is 1. The molecule has 0 fully saturated rings. The molecule has 1 aromatic rings. The molecule has 0 radical (unpaired) electrons. The first-order valence-corrected chi connectivity index (χ1v) is 6.22. The maximum Gasteiger partial charge on any atom is 0.116 e. The highest BCUT2D eigenvalue weighted by atomic mass is 79.9. The topological polar surface area (TPSA) is 29.1 Å². The zero-order valence-electron chi connectivity index (χ0n) is 7.01. The van der Waals surface area contributed by atoms with Crippen molar-refractivity contribution in [2.24, 2.45) is 0 Å². The summed E-state index contributed by atoms with van der Waals surface area (Å²) in [5, 5.41) is 0.566. The molecule has 72 valence electrons. The van der Waals surface area contributed by atoms with Crippen LogP contribution in [0, 0.1) is 0 Å². The van der Waals surface area contributed by atoms with E-state index < -0.39 is 11.0 Å². The number of rotatable bonds is 3. The Balaban J connectivity index is 2.83. The third kappa shape index (κ3) is 3.29. The molecule has 0 aromatic heterocycles. The predicted octanol–water partition coefficient (Wildman–Crippen LogP) is 3.20. The van der Waals surface area contributed by atoms with E-state index in [-0.39, 0.29) is 0 Å². The van der Waals surface area contributed by atoms with Crippen LogP contribution in [-0.4, -0.2) is 9.96 Å². The van der Waals surface area contributed by atoms with Crippen LogP contribution in [0.15, 0.2) is 22.7 Å². The third-order valence-electron chi connectivity index (χ3n) is 1.42. The Morgan fingerprint density at radius 1 is 1.62 bits per heavy atom. The Morgan fingerprint density at radius 2 is 2.31 bits per heavy atom. The van der Waals surface area contributed by atoms with Crippen molar-refractivity contribution in [2.45, 2.75) is 6.92 Å². The van der Waals surface area contributed by atoms with E-state index in [1.54, 1.807) is 12.1 Å². The van der Waals surface area contributed by atoms with Gasteiger partial charge < -0.3 is 4.72 Å². The number of nitrogens with one attached hydrogen (secondary N) is 1. The Morgan fingerprint density at radius 3 is 2.85 bits per heavy atom. The summed E-state index contributed by atoms with van der Waals surface area (Å²) in [7, 11) is -1.04. The predicted molar refractivity (Wildman–Crippen MR) is 61.5 cm³/mol. The number of hydrogen-bond acceptors (Lipinski definition) is 1. The van der Waals surface area contributed by atoms with Crippen molar-refractivity contribution in [1.29, 1.82) is 0 Å². The lowest BCUT2D eigenvalue weighted by Crippen LogP contribution is -2.06. The van der Waals surface area contributed by atoms with Crippen LogP contribution >= 0.6 is 27.5 Å². The van der Waals surface area contributed by atoms with Crippen molar-refractivity contribution in [3.05, 3.63) is 27.7 Å². The third-order valence-corrected chi connectivity index (χ3v) is 3.20. The van der Waals surface area contributed by atoms with E-state index in [9.17, 15) is 4.21 Å². The van der Waals surface area contributed by atoms with Gasteiger partial charge in [-0.05, 0) is 18.2 Å². The molecule has 0 bridgehead atoms. The summed E-state index contributed by atoms with van der Waals surface area (Å²) in [6, 6.07) is 5.40. The van der Waals surface area contributed by atoms with Gasteiger partial charge in [0.15, 0.2) is 0 Å². The Labute approximate surface area is 93.4 Å². The monoisotopic (exact) mass is 281 g/mol. The molecule has 1 aromatic carbocycles. The summed E-state index contributed by atoms with van der Waals surface area (Å²) < 4.78 is 14.9. The van der Waals surface area contributed by atoms with Crippen LogP contribution in [0.1, 0.15) is 6.92 Å². The zero-order valence-corrected chi connectivity index (χ0v) is 10.2. The highest BCUT2D eigenvalue weighted by Crippen LogP contribution is 2.25. The van der Waals surface area contributed by atoms with Gasteiger partial charge in [0.05, 0.1) is 10.7 Å². The molecule has 0 aliphatic carbocycles. The van der Waals surface area contributed by atoms with E-state index in [1.807, 2.05) is 13.0 Å². The molecule has 0 aliphatic heterocycles. The van der Waals surface area contributed by atoms with Gasteiger partial charge in [-0.15, -0.1) is 0 Å². The van der Waals surface area contributed by atoms with Crippen LogP contribution in [0.25, 0.3) is 0 Å². The van der Waals surface area contributed by atoms with Crippen molar-refractivity contribution >= 4 is 44.2 Å². The molecule has 1 unspecified atom stereocenters. The molecular weight excluding hydrogens is 274 g/mol. The fourth-order valence-corrected chi connectivity index (χ4v) is 2.11. The molecule has 0 aliphatic rings. The molecule has 0 heterocycles. The molecule has 0 spiro atoms. The van der Waals surface area contributed by atoms with Gasteiger partial charge in [0.2, 0.25) is 0 Å². The maximum absolute atomic E-state index is 11.1. The highest BCUT2D eigenvalue weighted by Gasteiger charge is 2.02. The summed E-state index contributed by atoms with van der Waals surface area (Å²) in [5.74, 6) is 0.562. The van der Waals surface area contributed by atoms with Crippen molar-refractivity contribution in [1.82, 2.24) is 0 Å². The fraction of sp³-hybridized carbons (Fsp3) is 0.250. The van der Waals surface area contributed by atoms with Gasteiger partial charge in [0, 0.05) is 10.2 Å². The molecule has 0 saturated carbocycles. The van der Waals surface area contributed by atoms with Crippen molar-refractivity contribution in [3.8, 4) is 0 Å². The first-order chi connectivity index (χ1) is 6.13. The van der Waals surface area contributed by atoms with Crippen LogP contribution in [0.2, 0.25) is 5.02 Å². The van der Waals surface area contributed by atoms with E-state index in [2.05, 4.69) is 20.7 Å². The lowest BCUT2D eigenvalue weighted by atomic mass is 10.3. The van der Waals surface area contributed by atoms with Gasteiger partial charge in [-0.3, -0.25) is 0 Å². The number of halogens is 2. The minimum absolute atomic E-state index is 0.562. The second kappa shape index (κ2) is 4.98. The average molecular weight is 283 g/mol. The molecule has 0 saturated heterocycles. The second-order valence-electron chi connectivity index (χ2n) is 2.36. The summed E-state index contributed by atoms with van der Waals surface area (Å²) >= 11 is 9.20. The quantitative estimate of drug-likeness (QED) is 0.906. The normalized spacial score (nSPS) is 12.5. The number of hydrogen-bond donors (Lipinski definition) is 1. The SMILES string of the molecule is CCS(=O)Nc1ccc(Br)cc1Cl. The summed E-state index contributed by atoms with van der Waals surface area (Å²) in [6.45, 7) is 1.84. The molecule has 13 heavy (non-hydrogen) atoms. The first kappa shape index (κ1) is 11.0. The minimum atomic E-state index is -1.04. The summed E-state index contributed by atoms with van der Waals surface area (Å²) in [5.41, 5.74) is 0.699. The fourth-order valence-electron chi connectivity index (χ4n) is 0.767. The van der Waals surface area contributed by atoms with Crippen LogP contribution in [-0.2, 0) is 11.0 Å². The zero-order chi connectivity index (χ0) is 9.84. The summed E-state index contributed by atoms with van der Waals surface area (Å²) in [6.07, 6.45) is 0. The van der Waals surface area contributed by atoms with E-state index in [1.165, 1.54) is 0 Å². The van der Waals surface area contributed by atoms with Crippen molar-refractivity contribution in [3.63, 3.8) is 0 Å². The molecule has 1 rings (SSSR count). The lowest BCUT2D eigenvalue weighted by molar-refractivity contribution is 0.687. The highest BCUT2D eigenvalue weighted by molar-refractivity contribution is 9.10. The van der Waals surface area contributed by atoms with Crippen molar-refractivity contribution in [2.75, 3.05) is 10.5 Å². The second-order valence-corrected chi connectivity index (χ2v) is 5.16. The van der Waals surface area contributed by atoms with Gasteiger partial charge in [0.25, 0.3) is 0 Å². The van der Waals surface area contributed by atoms with Gasteiger partial charge >= 0.3 is 0 Å². The molecule has 1 atom stereocenters. The van der Waals surface area contributed by atoms with E-state index >= 15 is 0 Å². The Hall–Kier alpha value is -0.0600. The van der Waals surface area contributed by atoms with Crippen LogP contribution < -0.4 is 4.72 Å². The van der Waals surface area contributed by atoms with Gasteiger partial charge in [-0.1, -0.05) is 34.5 Å². The lowest BCUT2D eigenvalue weighted by Gasteiger charge is -2.06. The molecule has 2 nitrogen and oxygen atoms in total. The van der Waals surface area contributed by atoms with Gasteiger partial charge in [-0.2, -0.15) is 0 Å². The molecule has 0 amide bonds. The van der Waals surface area contributed by atoms with Crippen molar-refractivity contribution < 1.29 is 4.21 Å². The summed E-state index contributed by atoms with van der Waals surface area (Å²) in [4.78, 5) is 0. The number of anilines is 1. The smallest absolute Gasteiger partial charge is 0.116 e.